The van der Waals surface area contributed by atoms with E-state index in [1.165, 1.54) is 42.5 Å². The Morgan fingerprint density at radius 2 is 2.20 bits per heavy atom. The third-order valence-electron chi connectivity index (χ3n) is 3.81. The molecule has 2 aromatic rings. The lowest BCUT2D eigenvalue weighted by Gasteiger charge is -1.96. The van der Waals surface area contributed by atoms with Gasteiger partial charge in [-0.1, -0.05) is 13.3 Å². The molecule has 0 saturated heterocycles. The number of oxazole rings is 1. The minimum atomic E-state index is 0.838. The number of aryl methyl sites for hydroxylation is 2. The summed E-state index contributed by atoms with van der Waals surface area (Å²) in [6, 6.07) is 2.32. The standard InChI is InChI=1S/C16H22N2OS/c1-2-17-9-8-16-18-11-13(19-16)15-10-12-6-4-3-5-7-14(12)20-15/h10-11,17H,2-9H2,1H3. The number of rotatable bonds is 5. The molecule has 2 heterocycles. The molecule has 0 atom stereocenters. The van der Waals surface area contributed by atoms with Crippen LogP contribution in [0.1, 0.15) is 42.5 Å². The lowest BCUT2D eigenvalue weighted by Crippen LogP contribution is -2.16. The lowest BCUT2D eigenvalue weighted by atomic mass is 10.1. The summed E-state index contributed by atoms with van der Waals surface area (Å²) in [5.41, 5.74) is 1.54. The number of likely N-dealkylation sites (N-methyl/N-ethyl adjacent to an activating group) is 1. The van der Waals surface area contributed by atoms with E-state index in [2.05, 4.69) is 23.3 Å². The fourth-order valence-corrected chi connectivity index (χ4v) is 3.90. The van der Waals surface area contributed by atoms with Crippen LogP contribution in [0.15, 0.2) is 16.7 Å². The molecule has 0 fully saturated rings. The van der Waals surface area contributed by atoms with Crippen molar-refractivity contribution >= 4 is 11.3 Å². The first-order chi connectivity index (χ1) is 9.86. The molecular weight excluding hydrogens is 268 g/mol. The highest BCUT2D eigenvalue weighted by Gasteiger charge is 2.15. The Morgan fingerprint density at radius 1 is 1.30 bits per heavy atom. The zero-order valence-electron chi connectivity index (χ0n) is 12.1. The Balaban J connectivity index is 1.73. The molecule has 3 rings (SSSR count). The topological polar surface area (TPSA) is 38.1 Å². The van der Waals surface area contributed by atoms with Gasteiger partial charge in [0.15, 0.2) is 11.7 Å². The van der Waals surface area contributed by atoms with Crippen LogP contribution in [0.2, 0.25) is 0 Å². The van der Waals surface area contributed by atoms with E-state index in [-0.39, 0.29) is 0 Å². The third kappa shape index (κ3) is 3.13. The number of aromatic nitrogens is 1. The summed E-state index contributed by atoms with van der Waals surface area (Å²) in [6.07, 6.45) is 9.23. The molecule has 0 spiro atoms. The molecule has 0 aromatic carbocycles. The number of hydrogen-bond donors (Lipinski definition) is 1. The second-order valence-electron chi connectivity index (χ2n) is 5.34. The molecule has 0 amide bonds. The highest BCUT2D eigenvalue weighted by Crippen LogP contribution is 2.35. The van der Waals surface area contributed by atoms with Crippen molar-refractivity contribution in [3.63, 3.8) is 0 Å². The van der Waals surface area contributed by atoms with E-state index in [1.807, 2.05) is 17.5 Å². The third-order valence-corrected chi connectivity index (χ3v) is 5.06. The Bertz CT molecular complexity index is 535. The smallest absolute Gasteiger partial charge is 0.196 e. The first kappa shape index (κ1) is 13.8. The van der Waals surface area contributed by atoms with Gasteiger partial charge >= 0.3 is 0 Å². The number of nitrogens with zero attached hydrogens (tertiary/aromatic N) is 1. The average Bonchev–Trinajstić information content (AvgIpc) is 3.02. The summed E-state index contributed by atoms with van der Waals surface area (Å²) in [7, 11) is 0. The van der Waals surface area contributed by atoms with Crippen LogP contribution in [0.3, 0.4) is 0 Å². The zero-order valence-corrected chi connectivity index (χ0v) is 12.9. The molecule has 0 saturated carbocycles. The van der Waals surface area contributed by atoms with Crippen molar-refractivity contribution < 1.29 is 4.42 Å². The predicted octanol–water partition coefficient (Wildman–Crippen LogP) is 3.82. The quantitative estimate of drug-likeness (QED) is 0.672. The van der Waals surface area contributed by atoms with Gasteiger partial charge in [-0.3, -0.25) is 0 Å². The molecule has 108 valence electrons. The van der Waals surface area contributed by atoms with Crippen LogP contribution in [0.5, 0.6) is 0 Å². The van der Waals surface area contributed by atoms with Crippen LogP contribution in [0, 0.1) is 0 Å². The number of nitrogens with one attached hydrogen (secondary N) is 1. The molecular formula is C16H22N2OS. The lowest BCUT2D eigenvalue weighted by molar-refractivity contribution is 0.498. The van der Waals surface area contributed by atoms with Gasteiger partial charge in [-0.25, -0.2) is 4.98 Å². The van der Waals surface area contributed by atoms with Crippen LogP contribution >= 0.6 is 11.3 Å². The highest BCUT2D eigenvalue weighted by molar-refractivity contribution is 7.15. The van der Waals surface area contributed by atoms with Gasteiger partial charge in [-0.05, 0) is 43.9 Å². The van der Waals surface area contributed by atoms with Gasteiger partial charge in [0, 0.05) is 17.8 Å². The molecule has 1 aliphatic rings. The van der Waals surface area contributed by atoms with Crippen LogP contribution in [0.4, 0.5) is 0 Å². The average molecular weight is 290 g/mol. The summed E-state index contributed by atoms with van der Waals surface area (Å²) >= 11 is 1.89. The first-order valence-corrected chi connectivity index (χ1v) is 8.46. The molecule has 4 heteroatoms. The van der Waals surface area contributed by atoms with Gasteiger partial charge < -0.3 is 9.73 Å². The number of fused-ring (bicyclic) bond motifs is 1. The van der Waals surface area contributed by atoms with Crippen molar-refractivity contribution in [2.45, 2.75) is 45.4 Å². The van der Waals surface area contributed by atoms with Crippen LogP contribution in [-0.4, -0.2) is 18.1 Å². The molecule has 3 nitrogen and oxygen atoms in total. The SMILES string of the molecule is CCNCCc1ncc(-c2cc3c(s2)CCCCC3)o1. The minimum Gasteiger partial charge on any atom is -0.440 e. The van der Waals surface area contributed by atoms with Crippen LogP contribution in [-0.2, 0) is 19.3 Å². The second-order valence-corrected chi connectivity index (χ2v) is 6.48. The van der Waals surface area contributed by atoms with Crippen LogP contribution in [0.25, 0.3) is 10.6 Å². The monoisotopic (exact) mass is 290 g/mol. The van der Waals surface area contributed by atoms with Crippen LogP contribution < -0.4 is 5.32 Å². The van der Waals surface area contributed by atoms with Crippen molar-refractivity contribution in [3.8, 4) is 10.6 Å². The fraction of sp³-hybridized carbons (Fsp3) is 0.562. The van der Waals surface area contributed by atoms with E-state index >= 15 is 0 Å². The van der Waals surface area contributed by atoms with E-state index in [0.717, 1.165) is 31.2 Å². The molecule has 0 aliphatic heterocycles. The van der Waals surface area contributed by atoms with E-state index < -0.39 is 0 Å². The highest BCUT2D eigenvalue weighted by atomic mass is 32.1. The zero-order chi connectivity index (χ0) is 13.8. The summed E-state index contributed by atoms with van der Waals surface area (Å²) in [5, 5.41) is 3.30. The molecule has 0 unspecified atom stereocenters. The summed E-state index contributed by atoms with van der Waals surface area (Å²) in [6.45, 7) is 4.03. The van der Waals surface area contributed by atoms with Gasteiger partial charge in [-0.15, -0.1) is 11.3 Å². The maximum absolute atomic E-state index is 5.88. The fourth-order valence-electron chi connectivity index (χ4n) is 2.70. The number of hydrogen-bond acceptors (Lipinski definition) is 4. The van der Waals surface area contributed by atoms with Crippen molar-refractivity contribution in [2.75, 3.05) is 13.1 Å². The molecule has 20 heavy (non-hydrogen) atoms. The van der Waals surface area contributed by atoms with Crippen molar-refractivity contribution in [1.29, 1.82) is 0 Å². The summed E-state index contributed by atoms with van der Waals surface area (Å²) in [4.78, 5) is 7.20. The Kier molecular flexibility index (Phi) is 4.53. The van der Waals surface area contributed by atoms with E-state index in [0.29, 0.717) is 0 Å². The van der Waals surface area contributed by atoms with E-state index in [9.17, 15) is 0 Å². The van der Waals surface area contributed by atoms with E-state index in [1.54, 1.807) is 4.88 Å². The summed E-state index contributed by atoms with van der Waals surface area (Å²) < 4.78 is 5.88. The molecule has 0 radical (unpaired) electrons. The van der Waals surface area contributed by atoms with Gasteiger partial charge in [0.1, 0.15) is 0 Å². The normalized spacial score (nSPS) is 15.1. The largest absolute Gasteiger partial charge is 0.440 e. The Hall–Kier alpha value is -1.13. The van der Waals surface area contributed by atoms with Gasteiger partial charge in [0.05, 0.1) is 11.1 Å². The first-order valence-electron chi connectivity index (χ1n) is 7.64. The molecule has 1 N–H and O–H groups in total. The molecule has 0 bridgehead atoms. The maximum atomic E-state index is 5.88. The van der Waals surface area contributed by atoms with Gasteiger partial charge in [0.25, 0.3) is 0 Å². The molecule has 1 aliphatic carbocycles. The van der Waals surface area contributed by atoms with Crippen molar-refractivity contribution in [3.05, 3.63) is 28.6 Å². The number of thiophene rings is 1. The minimum absolute atomic E-state index is 0.838. The Morgan fingerprint density at radius 3 is 3.10 bits per heavy atom. The maximum Gasteiger partial charge on any atom is 0.196 e. The molecule has 2 aromatic heterocycles. The van der Waals surface area contributed by atoms with Gasteiger partial charge in [-0.2, -0.15) is 0 Å². The second kappa shape index (κ2) is 6.55. The van der Waals surface area contributed by atoms with Crippen molar-refractivity contribution in [1.82, 2.24) is 10.3 Å². The summed E-state index contributed by atoms with van der Waals surface area (Å²) in [5.74, 6) is 1.78. The van der Waals surface area contributed by atoms with Gasteiger partial charge in [0.2, 0.25) is 0 Å². The van der Waals surface area contributed by atoms with Crippen molar-refractivity contribution in [2.24, 2.45) is 0 Å². The predicted molar refractivity (Wildman–Crippen MR) is 83.3 cm³/mol. The van der Waals surface area contributed by atoms with E-state index in [4.69, 9.17) is 4.42 Å². The Labute approximate surface area is 124 Å².